The van der Waals surface area contributed by atoms with E-state index < -0.39 is 0 Å². The Bertz CT molecular complexity index is 878. The van der Waals surface area contributed by atoms with Crippen LogP contribution in [0.25, 0.3) is 10.9 Å². The molecule has 3 nitrogen and oxygen atoms in total. The molecule has 4 rings (SSSR count). The van der Waals surface area contributed by atoms with Crippen LogP contribution in [0.15, 0.2) is 42.5 Å². The van der Waals surface area contributed by atoms with Crippen molar-refractivity contribution in [2.75, 3.05) is 19.7 Å². The third-order valence-corrected chi connectivity index (χ3v) is 5.78. The molecule has 0 radical (unpaired) electrons. The van der Waals surface area contributed by atoms with Crippen molar-refractivity contribution in [2.45, 2.75) is 25.7 Å². The molecule has 1 aliphatic heterocycles. The molecule has 0 aliphatic carbocycles. The van der Waals surface area contributed by atoms with E-state index in [4.69, 9.17) is 4.74 Å². The van der Waals surface area contributed by atoms with E-state index in [2.05, 4.69) is 57.2 Å². The molecule has 0 fully saturated rings. The van der Waals surface area contributed by atoms with Crippen molar-refractivity contribution in [1.82, 2.24) is 10.3 Å². The molecule has 0 unspecified atom stereocenters. The van der Waals surface area contributed by atoms with Crippen molar-refractivity contribution in [1.29, 1.82) is 0 Å². The molecule has 2 aromatic carbocycles. The van der Waals surface area contributed by atoms with Gasteiger partial charge in [0.15, 0.2) is 0 Å². The van der Waals surface area contributed by atoms with Crippen LogP contribution in [0.4, 0.5) is 0 Å². The number of aromatic amines is 1. The second kappa shape index (κ2) is 9.11. The van der Waals surface area contributed by atoms with Crippen LogP contribution >= 0.6 is 35.0 Å². The highest BCUT2D eigenvalue weighted by atomic mass is 127. The van der Waals surface area contributed by atoms with E-state index >= 15 is 0 Å². The number of para-hydroxylation sites is 1. The number of aryl methyl sites for hydroxylation is 1. The number of H-pyrrole nitrogens is 1. The SMILES string of the molecule is Cl.Ic1ccccc1OCCCc1cccc2[nH]c3c(c12)CCNCC3. The summed E-state index contributed by atoms with van der Waals surface area (Å²) in [7, 11) is 0. The Kier molecular flexibility index (Phi) is 6.84. The molecule has 0 saturated carbocycles. The molecule has 1 aromatic heterocycles. The predicted octanol–water partition coefficient (Wildman–Crippen LogP) is 4.89. The highest BCUT2D eigenvalue weighted by molar-refractivity contribution is 14.1. The summed E-state index contributed by atoms with van der Waals surface area (Å²) in [4.78, 5) is 3.65. The van der Waals surface area contributed by atoms with Crippen LogP contribution in [-0.2, 0) is 19.3 Å². The molecule has 0 saturated heterocycles. The Labute approximate surface area is 174 Å². The topological polar surface area (TPSA) is 37.0 Å². The van der Waals surface area contributed by atoms with Gasteiger partial charge in [0.05, 0.1) is 10.2 Å². The molecular weight excluding hydrogens is 459 g/mol. The summed E-state index contributed by atoms with van der Waals surface area (Å²) in [5.41, 5.74) is 5.68. The van der Waals surface area contributed by atoms with Crippen molar-refractivity contribution < 1.29 is 4.74 Å². The third kappa shape index (κ3) is 4.18. The first-order chi connectivity index (χ1) is 12.3. The standard InChI is InChI=1S/C21H23IN2O.ClH/c22-17-7-1-2-9-20(17)25-14-4-6-15-5-3-8-19-21(15)16-10-12-23-13-11-18(16)24-19;/h1-3,5,7-9,23-24H,4,6,10-14H2;1H. The molecule has 2 N–H and O–H groups in total. The van der Waals surface area contributed by atoms with Crippen LogP contribution in [0, 0.1) is 3.57 Å². The second-order valence-corrected chi connectivity index (χ2v) is 7.72. The highest BCUT2D eigenvalue weighted by Crippen LogP contribution is 2.29. The minimum atomic E-state index is 0. The quantitative estimate of drug-likeness (QED) is 0.401. The minimum Gasteiger partial charge on any atom is -0.492 e. The van der Waals surface area contributed by atoms with Crippen molar-refractivity contribution in [2.24, 2.45) is 0 Å². The van der Waals surface area contributed by atoms with Gasteiger partial charge in [-0.15, -0.1) is 12.4 Å². The van der Waals surface area contributed by atoms with Crippen molar-refractivity contribution in [3.05, 3.63) is 62.9 Å². The maximum absolute atomic E-state index is 5.96. The van der Waals surface area contributed by atoms with E-state index in [9.17, 15) is 0 Å². The maximum atomic E-state index is 5.96. The fourth-order valence-electron chi connectivity index (χ4n) is 3.71. The van der Waals surface area contributed by atoms with Gasteiger partial charge in [-0.1, -0.05) is 24.3 Å². The first-order valence-corrected chi connectivity index (χ1v) is 10.1. The molecule has 1 aliphatic rings. The van der Waals surface area contributed by atoms with Gasteiger partial charge >= 0.3 is 0 Å². The zero-order valence-electron chi connectivity index (χ0n) is 14.7. The van der Waals surface area contributed by atoms with E-state index in [1.54, 1.807) is 0 Å². The summed E-state index contributed by atoms with van der Waals surface area (Å²) in [6.07, 6.45) is 4.30. The van der Waals surface area contributed by atoms with Gasteiger partial charge < -0.3 is 15.0 Å². The molecule has 0 amide bonds. The zero-order valence-corrected chi connectivity index (χ0v) is 17.7. The molecule has 2 heterocycles. The summed E-state index contributed by atoms with van der Waals surface area (Å²) >= 11 is 2.33. The lowest BCUT2D eigenvalue weighted by molar-refractivity contribution is 0.309. The number of nitrogens with one attached hydrogen (secondary N) is 2. The molecule has 26 heavy (non-hydrogen) atoms. The smallest absolute Gasteiger partial charge is 0.132 e. The average molecular weight is 483 g/mol. The van der Waals surface area contributed by atoms with Crippen molar-refractivity contribution >= 4 is 45.9 Å². The summed E-state index contributed by atoms with van der Waals surface area (Å²) < 4.78 is 7.13. The number of hydrogen-bond acceptors (Lipinski definition) is 2. The lowest BCUT2D eigenvalue weighted by Crippen LogP contribution is -2.16. The van der Waals surface area contributed by atoms with Gasteiger partial charge in [0.1, 0.15) is 5.75 Å². The number of aromatic nitrogens is 1. The summed E-state index contributed by atoms with van der Waals surface area (Å²) in [5.74, 6) is 0.989. The number of fused-ring (bicyclic) bond motifs is 3. The normalized spacial score (nSPS) is 13.7. The number of rotatable bonds is 5. The fraction of sp³-hybridized carbons (Fsp3) is 0.333. The van der Waals surface area contributed by atoms with Gasteiger partial charge in [-0.25, -0.2) is 0 Å². The Morgan fingerprint density at radius 1 is 1.00 bits per heavy atom. The lowest BCUT2D eigenvalue weighted by Gasteiger charge is -2.09. The summed E-state index contributed by atoms with van der Waals surface area (Å²) in [5, 5.41) is 4.95. The van der Waals surface area contributed by atoms with Crippen LogP contribution in [0.1, 0.15) is 23.2 Å². The van der Waals surface area contributed by atoms with Gasteiger partial charge in [0.2, 0.25) is 0 Å². The number of hydrogen-bond donors (Lipinski definition) is 2. The van der Waals surface area contributed by atoms with Crippen LogP contribution in [0.3, 0.4) is 0 Å². The van der Waals surface area contributed by atoms with E-state index in [1.807, 2.05) is 18.2 Å². The molecular formula is C21H24ClIN2O. The van der Waals surface area contributed by atoms with Crippen molar-refractivity contribution in [3.8, 4) is 5.75 Å². The van der Waals surface area contributed by atoms with Gasteiger partial charge in [-0.3, -0.25) is 0 Å². The molecule has 3 aromatic rings. The van der Waals surface area contributed by atoms with E-state index in [1.165, 1.54) is 31.3 Å². The van der Waals surface area contributed by atoms with Crippen LogP contribution < -0.4 is 10.1 Å². The van der Waals surface area contributed by atoms with Crippen LogP contribution in [0.5, 0.6) is 5.75 Å². The van der Waals surface area contributed by atoms with E-state index in [0.29, 0.717) is 0 Å². The Balaban J connectivity index is 0.00000196. The fourth-order valence-corrected chi connectivity index (χ4v) is 4.25. The molecule has 138 valence electrons. The number of ether oxygens (including phenoxy) is 1. The van der Waals surface area contributed by atoms with Gasteiger partial charge in [0, 0.05) is 29.6 Å². The number of halogens is 2. The third-order valence-electron chi connectivity index (χ3n) is 4.89. The lowest BCUT2D eigenvalue weighted by atomic mass is 9.99. The van der Waals surface area contributed by atoms with Crippen molar-refractivity contribution in [3.63, 3.8) is 0 Å². The second-order valence-electron chi connectivity index (χ2n) is 6.55. The van der Waals surface area contributed by atoms with Gasteiger partial charge in [0.25, 0.3) is 0 Å². The first-order valence-electron chi connectivity index (χ1n) is 9.02. The minimum absolute atomic E-state index is 0. The number of benzene rings is 2. The zero-order chi connectivity index (χ0) is 17.1. The predicted molar refractivity (Wildman–Crippen MR) is 119 cm³/mol. The van der Waals surface area contributed by atoms with Crippen LogP contribution in [0.2, 0.25) is 0 Å². The molecule has 0 bridgehead atoms. The molecule has 0 spiro atoms. The largest absolute Gasteiger partial charge is 0.492 e. The van der Waals surface area contributed by atoms with Gasteiger partial charge in [-0.05, 0) is 77.7 Å². The first kappa shape index (κ1) is 19.5. The summed E-state index contributed by atoms with van der Waals surface area (Å²) in [6.45, 7) is 2.90. The Morgan fingerprint density at radius 2 is 1.85 bits per heavy atom. The summed E-state index contributed by atoms with van der Waals surface area (Å²) in [6, 6.07) is 14.9. The monoisotopic (exact) mass is 482 g/mol. The Hall–Kier alpha value is -1.24. The van der Waals surface area contributed by atoms with Gasteiger partial charge in [-0.2, -0.15) is 0 Å². The van der Waals surface area contributed by atoms with Crippen LogP contribution in [-0.4, -0.2) is 24.7 Å². The molecule has 0 atom stereocenters. The maximum Gasteiger partial charge on any atom is 0.132 e. The average Bonchev–Trinajstić information content (AvgIpc) is 2.82. The Morgan fingerprint density at radius 3 is 2.73 bits per heavy atom. The highest BCUT2D eigenvalue weighted by Gasteiger charge is 2.16. The van der Waals surface area contributed by atoms with E-state index in [-0.39, 0.29) is 12.4 Å². The van der Waals surface area contributed by atoms with E-state index in [0.717, 1.165) is 51.1 Å². The molecule has 5 heteroatoms.